The normalized spacial score (nSPS) is 10.2. The first kappa shape index (κ1) is 15.4. The summed E-state index contributed by atoms with van der Waals surface area (Å²) < 4.78 is 11.2. The highest BCUT2D eigenvalue weighted by molar-refractivity contribution is 6.31. The molecule has 2 aromatic rings. The molecule has 21 heavy (non-hydrogen) atoms. The van der Waals surface area contributed by atoms with Crippen LogP contribution in [-0.2, 0) is 0 Å². The lowest BCUT2D eigenvalue weighted by Crippen LogP contribution is -2.12. The molecule has 0 atom stereocenters. The Labute approximate surface area is 129 Å². The zero-order valence-electron chi connectivity index (χ0n) is 11.8. The van der Waals surface area contributed by atoms with Gasteiger partial charge in [0.1, 0.15) is 0 Å². The Morgan fingerprint density at radius 2 is 1.76 bits per heavy atom. The molecule has 0 aliphatic rings. The Balaban J connectivity index is 2.01. The molecule has 0 radical (unpaired) electrons. The predicted molar refractivity (Wildman–Crippen MR) is 83.5 cm³/mol. The molecular weight excluding hydrogens is 288 g/mol. The van der Waals surface area contributed by atoms with E-state index >= 15 is 0 Å². The molecule has 0 amide bonds. The molecule has 0 aliphatic heterocycles. The molecule has 2 aromatic carbocycles. The van der Waals surface area contributed by atoms with Crippen LogP contribution in [0.25, 0.3) is 0 Å². The molecule has 0 saturated carbocycles. The fraction of sp³-hybridized carbons (Fsp3) is 0.235. The lowest BCUT2D eigenvalue weighted by molar-refractivity contribution is 0.0919. The second-order valence-electron chi connectivity index (χ2n) is 4.52. The van der Waals surface area contributed by atoms with Gasteiger partial charge in [0.25, 0.3) is 0 Å². The third kappa shape index (κ3) is 4.50. The quantitative estimate of drug-likeness (QED) is 0.712. The van der Waals surface area contributed by atoms with E-state index in [1.807, 2.05) is 25.1 Å². The number of rotatable bonds is 7. The van der Waals surface area contributed by atoms with E-state index < -0.39 is 0 Å². The number of ether oxygens (including phenoxy) is 2. The predicted octanol–water partition coefficient (Wildman–Crippen LogP) is 4.39. The first-order valence-electron chi connectivity index (χ1n) is 6.84. The number of Topliss-reactive ketones (excluding diaryl/α,β-unsaturated/α-hetero) is 1. The average Bonchev–Trinajstić information content (AvgIpc) is 2.51. The summed E-state index contributed by atoms with van der Waals surface area (Å²) in [4.78, 5) is 12.1. The zero-order chi connectivity index (χ0) is 15.1. The van der Waals surface area contributed by atoms with Crippen molar-refractivity contribution >= 4 is 17.4 Å². The highest BCUT2D eigenvalue weighted by Gasteiger charge is 2.10. The molecule has 0 fully saturated rings. The summed E-state index contributed by atoms with van der Waals surface area (Å²) in [5.74, 6) is 1.10. The van der Waals surface area contributed by atoms with Crippen LogP contribution < -0.4 is 9.47 Å². The van der Waals surface area contributed by atoms with Crippen LogP contribution in [0.2, 0.25) is 5.02 Å². The van der Waals surface area contributed by atoms with Gasteiger partial charge in [0.05, 0.1) is 6.61 Å². The Morgan fingerprint density at radius 3 is 2.43 bits per heavy atom. The van der Waals surface area contributed by atoms with Crippen LogP contribution in [0.15, 0.2) is 48.5 Å². The monoisotopic (exact) mass is 304 g/mol. The minimum atomic E-state index is -0.122. The number of ketones is 1. The van der Waals surface area contributed by atoms with Gasteiger partial charge in [-0.3, -0.25) is 4.79 Å². The van der Waals surface area contributed by atoms with Gasteiger partial charge in [0, 0.05) is 10.6 Å². The van der Waals surface area contributed by atoms with Crippen molar-refractivity contribution < 1.29 is 14.3 Å². The summed E-state index contributed by atoms with van der Waals surface area (Å²) in [5.41, 5.74) is 0.537. The third-order valence-corrected chi connectivity index (χ3v) is 3.05. The van der Waals surface area contributed by atoms with E-state index in [-0.39, 0.29) is 12.4 Å². The minimum absolute atomic E-state index is 0.0488. The summed E-state index contributed by atoms with van der Waals surface area (Å²) in [5, 5.41) is 0.535. The van der Waals surface area contributed by atoms with Gasteiger partial charge >= 0.3 is 0 Å². The van der Waals surface area contributed by atoms with Crippen molar-refractivity contribution in [3.63, 3.8) is 0 Å². The summed E-state index contributed by atoms with van der Waals surface area (Å²) in [7, 11) is 0. The maximum atomic E-state index is 12.1. The van der Waals surface area contributed by atoms with E-state index in [1.165, 1.54) is 0 Å². The topological polar surface area (TPSA) is 35.5 Å². The van der Waals surface area contributed by atoms with Crippen molar-refractivity contribution in [3.05, 3.63) is 59.1 Å². The molecule has 0 heterocycles. The lowest BCUT2D eigenvalue weighted by atomic mass is 10.1. The number of para-hydroxylation sites is 2. The summed E-state index contributed by atoms with van der Waals surface area (Å²) in [6, 6.07) is 14.2. The van der Waals surface area contributed by atoms with Gasteiger partial charge < -0.3 is 9.47 Å². The Morgan fingerprint density at radius 1 is 1.05 bits per heavy atom. The SMILES string of the molecule is CCCOc1ccccc1OCC(=O)c1cccc(Cl)c1. The first-order chi connectivity index (χ1) is 10.2. The molecule has 4 heteroatoms. The van der Waals surface area contributed by atoms with Crippen LogP contribution in [0.4, 0.5) is 0 Å². The molecule has 0 aliphatic carbocycles. The van der Waals surface area contributed by atoms with Gasteiger partial charge in [-0.25, -0.2) is 0 Å². The molecule has 0 N–H and O–H groups in total. The number of carbonyl (C=O) groups is 1. The fourth-order valence-corrected chi connectivity index (χ4v) is 1.98. The Bertz CT molecular complexity index is 610. The molecule has 110 valence electrons. The van der Waals surface area contributed by atoms with Gasteiger partial charge in [0.2, 0.25) is 0 Å². The van der Waals surface area contributed by atoms with E-state index in [0.29, 0.717) is 28.7 Å². The first-order valence-corrected chi connectivity index (χ1v) is 7.22. The largest absolute Gasteiger partial charge is 0.490 e. The van der Waals surface area contributed by atoms with Crippen LogP contribution >= 0.6 is 11.6 Å². The average molecular weight is 305 g/mol. The fourth-order valence-electron chi connectivity index (χ4n) is 1.79. The highest BCUT2D eigenvalue weighted by Crippen LogP contribution is 2.26. The van der Waals surface area contributed by atoms with Crippen LogP contribution in [-0.4, -0.2) is 19.0 Å². The molecular formula is C17H17ClO3. The molecule has 3 nitrogen and oxygen atoms in total. The number of benzene rings is 2. The van der Waals surface area contributed by atoms with Gasteiger partial charge in [0.15, 0.2) is 23.9 Å². The molecule has 0 spiro atoms. The Kier molecular flexibility index (Phi) is 5.64. The number of carbonyl (C=O) groups excluding carboxylic acids is 1. The number of halogens is 1. The van der Waals surface area contributed by atoms with Gasteiger partial charge in [-0.05, 0) is 30.7 Å². The van der Waals surface area contributed by atoms with Gasteiger partial charge in [-0.1, -0.05) is 42.8 Å². The van der Waals surface area contributed by atoms with Crippen molar-refractivity contribution in [3.8, 4) is 11.5 Å². The van der Waals surface area contributed by atoms with Crippen LogP contribution in [0.5, 0.6) is 11.5 Å². The van der Waals surface area contributed by atoms with Crippen LogP contribution in [0, 0.1) is 0 Å². The molecule has 0 unspecified atom stereocenters. The van der Waals surface area contributed by atoms with Gasteiger partial charge in [-0.2, -0.15) is 0 Å². The van der Waals surface area contributed by atoms with Crippen molar-refractivity contribution in [1.82, 2.24) is 0 Å². The van der Waals surface area contributed by atoms with Crippen LogP contribution in [0.3, 0.4) is 0 Å². The van der Waals surface area contributed by atoms with E-state index in [1.54, 1.807) is 30.3 Å². The Hall–Kier alpha value is -2.00. The number of hydrogen-bond donors (Lipinski definition) is 0. The molecule has 2 rings (SSSR count). The van der Waals surface area contributed by atoms with Crippen molar-refractivity contribution in [2.75, 3.05) is 13.2 Å². The van der Waals surface area contributed by atoms with Crippen molar-refractivity contribution in [2.45, 2.75) is 13.3 Å². The molecule has 0 bridgehead atoms. The van der Waals surface area contributed by atoms with E-state index in [4.69, 9.17) is 21.1 Å². The zero-order valence-corrected chi connectivity index (χ0v) is 12.6. The van der Waals surface area contributed by atoms with E-state index in [9.17, 15) is 4.79 Å². The maximum absolute atomic E-state index is 12.1. The summed E-state index contributed by atoms with van der Waals surface area (Å²) in [6.07, 6.45) is 0.912. The number of hydrogen-bond acceptors (Lipinski definition) is 3. The highest BCUT2D eigenvalue weighted by atomic mass is 35.5. The second kappa shape index (κ2) is 7.70. The smallest absolute Gasteiger partial charge is 0.200 e. The van der Waals surface area contributed by atoms with E-state index in [2.05, 4.69) is 0 Å². The molecule has 0 aromatic heterocycles. The standard InChI is InChI=1S/C17H17ClO3/c1-2-10-20-16-8-3-4-9-17(16)21-12-15(19)13-6-5-7-14(18)11-13/h3-9,11H,2,10,12H2,1H3. The third-order valence-electron chi connectivity index (χ3n) is 2.82. The molecule has 0 saturated heterocycles. The van der Waals surface area contributed by atoms with Crippen LogP contribution in [0.1, 0.15) is 23.7 Å². The van der Waals surface area contributed by atoms with Crippen molar-refractivity contribution in [2.24, 2.45) is 0 Å². The summed E-state index contributed by atoms with van der Waals surface area (Å²) in [6.45, 7) is 2.60. The lowest BCUT2D eigenvalue weighted by Gasteiger charge is -2.11. The van der Waals surface area contributed by atoms with Crippen molar-refractivity contribution in [1.29, 1.82) is 0 Å². The van der Waals surface area contributed by atoms with E-state index in [0.717, 1.165) is 6.42 Å². The maximum Gasteiger partial charge on any atom is 0.200 e. The minimum Gasteiger partial charge on any atom is -0.490 e. The summed E-state index contributed by atoms with van der Waals surface area (Å²) >= 11 is 5.88. The second-order valence-corrected chi connectivity index (χ2v) is 4.95. The van der Waals surface area contributed by atoms with Gasteiger partial charge in [-0.15, -0.1) is 0 Å².